The van der Waals surface area contributed by atoms with Crippen LogP contribution in [0.4, 0.5) is 0 Å². The molecule has 0 fully saturated rings. The van der Waals surface area contributed by atoms with Crippen LogP contribution in [0.2, 0.25) is 0 Å². The number of hydrogen-bond acceptors (Lipinski definition) is 7. The van der Waals surface area contributed by atoms with Crippen molar-refractivity contribution in [1.82, 2.24) is 25.1 Å². The number of sulfonamides is 1. The second kappa shape index (κ2) is 9.18. The molecule has 0 radical (unpaired) electrons. The highest BCUT2D eigenvalue weighted by atomic mass is 32.2. The molecule has 0 saturated carbocycles. The maximum atomic E-state index is 12.9. The van der Waals surface area contributed by atoms with Gasteiger partial charge in [-0.1, -0.05) is 18.2 Å². The summed E-state index contributed by atoms with van der Waals surface area (Å²) < 4.78 is 31.3. The maximum Gasteiger partial charge on any atom is 0.270 e. The van der Waals surface area contributed by atoms with Crippen LogP contribution in [0.1, 0.15) is 10.4 Å². The number of hydrazine groups is 1. The number of aromatic nitrogens is 2. The molecule has 3 aromatic heterocycles. The van der Waals surface area contributed by atoms with E-state index in [-0.39, 0.29) is 10.5 Å². The molecule has 3 heterocycles. The quantitative estimate of drug-likeness (QED) is 0.416. The molecule has 2 amide bonds. The molecule has 0 unspecified atom stereocenters. The summed E-state index contributed by atoms with van der Waals surface area (Å²) in [5, 5.41) is 0.579. The van der Waals surface area contributed by atoms with Gasteiger partial charge in [0.15, 0.2) is 5.76 Å². The number of likely N-dealkylation sites (N-methyl/N-ethyl adjacent to an activating group) is 1. The molecular weight excluding hydrogens is 446 g/mol. The van der Waals surface area contributed by atoms with Crippen molar-refractivity contribution in [2.45, 2.75) is 4.90 Å². The molecule has 4 aromatic rings. The van der Waals surface area contributed by atoms with Gasteiger partial charge in [0.25, 0.3) is 11.8 Å². The van der Waals surface area contributed by atoms with E-state index in [4.69, 9.17) is 4.42 Å². The predicted molar refractivity (Wildman–Crippen MR) is 119 cm³/mol. The van der Waals surface area contributed by atoms with Gasteiger partial charge in [0.05, 0.1) is 23.9 Å². The average Bonchev–Trinajstić information content (AvgIpc) is 3.37. The fourth-order valence-corrected chi connectivity index (χ4v) is 4.21. The minimum Gasteiger partial charge on any atom is -0.463 e. The standard InChI is InChI=1S/C22H19N5O5S/c1-27(33(30,31)15-6-4-10-23-13-15)14-21(28)25-26-22(29)17-12-19(20-9-5-11-32-20)24-18-8-3-2-7-16(17)18/h2-13H,14H2,1H3,(H,25,28)(H,26,29). The van der Waals surface area contributed by atoms with Gasteiger partial charge in [0, 0.05) is 24.8 Å². The lowest BCUT2D eigenvalue weighted by Crippen LogP contribution is -2.46. The summed E-state index contributed by atoms with van der Waals surface area (Å²) >= 11 is 0. The summed E-state index contributed by atoms with van der Waals surface area (Å²) in [6.07, 6.45) is 4.14. The number of nitrogens with zero attached hydrogens (tertiary/aromatic N) is 3. The number of hydrogen-bond donors (Lipinski definition) is 2. The molecule has 0 aliphatic heterocycles. The highest BCUT2D eigenvalue weighted by molar-refractivity contribution is 7.89. The van der Waals surface area contributed by atoms with E-state index in [2.05, 4.69) is 20.8 Å². The van der Waals surface area contributed by atoms with E-state index in [9.17, 15) is 18.0 Å². The monoisotopic (exact) mass is 465 g/mol. The normalized spacial score (nSPS) is 11.5. The van der Waals surface area contributed by atoms with E-state index >= 15 is 0 Å². The topological polar surface area (TPSA) is 134 Å². The number of amides is 2. The highest BCUT2D eigenvalue weighted by Gasteiger charge is 2.23. The molecule has 0 aliphatic carbocycles. The minimum absolute atomic E-state index is 0.0435. The zero-order chi connectivity index (χ0) is 23.4. The van der Waals surface area contributed by atoms with E-state index in [1.54, 1.807) is 42.5 Å². The molecular formula is C22H19N5O5S. The fourth-order valence-electron chi connectivity index (χ4n) is 3.11. The van der Waals surface area contributed by atoms with Crippen LogP contribution in [-0.4, -0.2) is 48.1 Å². The molecule has 11 heteroatoms. The molecule has 0 saturated heterocycles. The average molecular weight is 465 g/mol. The Morgan fingerprint density at radius 1 is 1.06 bits per heavy atom. The first-order valence-corrected chi connectivity index (χ1v) is 11.2. The third-order valence-electron chi connectivity index (χ3n) is 4.76. The summed E-state index contributed by atoms with van der Waals surface area (Å²) in [7, 11) is -2.65. The lowest BCUT2D eigenvalue weighted by atomic mass is 10.1. The summed E-state index contributed by atoms with van der Waals surface area (Å²) in [6, 6.07) is 14.9. The summed E-state index contributed by atoms with van der Waals surface area (Å²) in [5.41, 5.74) is 5.88. The van der Waals surface area contributed by atoms with Gasteiger partial charge in [0.2, 0.25) is 10.0 Å². The number of pyridine rings is 2. The molecule has 168 valence electrons. The van der Waals surface area contributed by atoms with Crippen LogP contribution >= 0.6 is 0 Å². The Labute approximate surface area is 189 Å². The van der Waals surface area contributed by atoms with Crippen LogP contribution in [0.25, 0.3) is 22.4 Å². The van der Waals surface area contributed by atoms with Crippen molar-refractivity contribution < 1.29 is 22.4 Å². The maximum absolute atomic E-state index is 12.9. The summed E-state index contributed by atoms with van der Waals surface area (Å²) in [6.45, 7) is -0.508. The third-order valence-corrected chi connectivity index (χ3v) is 6.55. The van der Waals surface area contributed by atoms with Gasteiger partial charge in [-0.05, 0) is 36.4 Å². The predicted octanol–water partition coefficient (Wildman–Crippen LogP) is 1.97. The Morgan fingerprint density at radius 2 is 1.88 bits per heavy atom. The SMILES string of the molecule is CN(CC(=O)NNC(=O)c1cc(-c2ccco2)nc2ccccc12)S(=O)(=O)c1cccnc1. The van der Waals surface area contributed by atoms with Gasteiger partial charge in [-0.3, -0.25) is 25.4 Å². The summed E-state index contributed by atoms with van der Waals surface area (Å²) in [4.78, 5) is 33.4. The molecule has 4 rings (SSSR count). The van der Waals surface area contributed by atoms with Gasteiger partial charge in [-0.15, -0.1) is 0 Å². The number of fused-ring (bicyclic) bond motifs is 1. The Kier molecular flexibility index (Phi) is 6.16. The van der Waals surface area contributed by atoms with Gasteiger partial charge in [-0.25, -0.2) is 13.4 Å². The van der Waals surface area contributed by atoms with Gasteiger partial charge in [-0.2, -0.15) is 4.31 Å². The van der Waals surface area contributed by atoms with E-state index in [0.717, 1.165) is 4.31 Å². The van der Waals surface area contributed by atoms with Crippen LogP contribution in [0.15, 0.2) is 82.6 Å². The smallest absolute Gasteiger partial charge is 0.270 e. The highest BCUT2D eigenvalue weighted by Crippen LogP contribution is 2.25. The molecule has 0 bridgehead atoms. The Bertz CT molecular complexity index is 1410. The van der Waals surface area contributed by atoms with Gasteiger partial charge < -0.3 is 4.42 Å². The van der Waals surface area contributed by atoms with Gasteiger partial charge in [0.1, 0.15) is 10.6 Å². The fraction of sp³-hybridized carbons (Fsp3) is 0.0909. The van der Waals surface area contributed by atoms with Crippen molar-refractivity contribution >= 4 is 32.7 Å². The zero-order valence-electron chi connectivity index (χ0n) is 17.4. The van der Waals surface area contributed by atoms with Crippen LogP contribution in [0.5, 0.6) is 0 Å². The molecule has 0 aliphatic rings. The number of para-hydroxylation sites is 1. The van der Waals surface area contributed by atoms with E-state index in [0.29, 0.717) is 22.4 Å². The van der Waals surface area contributed by atoms with Crippen LogP contribution < -0.4 is 10.9 Å². The van der Waals surface area contributed by atoms with Crippen LogP contribution in [-0.2, 0) is 14.8 Å². The van der Waals surface area contributed by atoms with Crippen LogP contribution in [0, 0.1) is 0 Å². The van der Waals surface area contributed by atoms with Crippen LogP contribution in [0.3, 0.4) is 0 Å². The minimum atomic E-state index is -3.91. The van der Waals surface area contributed by atoms with Crippen molar-refractivity contribution in [2.24, 2.45) is 0 Å². The second-order valence-corrected chi connectivity index (χ2v) is 9.05. The number of nitrogens with one attached hydrogen (secondary N) is 2. The second-order valence-electron chi connectivity index (χ2n) is 7.00. The largest absolute Gasteiger partial charge is 0.463 e. The summed E-state index contributed by atoms with van der Waals surface area (Å²) in [5.74, 6) is -0.823. The molecule has 10 nitrogen and oxygen atoms in total. The Morgan fingerprint density at radius 3 is 2.61 bits per heavy atom. The lowest BCUT2D eigenvalue weighted by Gasteiger charge is -2.17. The number of furan rings is 1. The molecule has 33 heavy (non-hydrogen) atoms. The number of carbonyl (C=O) groups is 2. The van der Waals surface area contributed by atoms with E-state index < -0.39 is 28.4 Å². The first-order valence-electron chi connectivity index (χ1n) is 9.75. The molecule has 0 atom stereocenters. The van der Waals surface area contributed by atoms with E-state index in [1.165, 1.54) is 37.8 Å². The first-order chi connectivity index (χ1) is 15.9. The Balaban J connectivity index is 1.48. The lowest BCUT2D eigenvalue weighted by molar-refractivity contribution is -0.121. The number of benzene rings is 1. The number of rotatable bonds is 6. The third kappa shape index (κ3) is 4.73. The molecule has 1 aromatic carbocycles. The van der Waals surface area contributed by atoms with Crippen molar-refractivity contribution in [3.63, 3.8) is 0 Å². The van der Waals surface area contributed by atoms with Crippen molar-refractivity contribution in [3.05, 3.63) is 78.8 Å². The first kappa shape index (κ1) is 22.1. The number of carbonyl (C=O) groups excluding carboxylic acids is 2. The zero-order valence-corrected chi connectivity index (χ0v) is 18.2. The van der Waals surface area contributed by atoms with E-state index in [1.807, 2.05) is 0 Å². The van der Waals surface area contributed by atoms with Crippen molar-refractivity contribution in [3.8, 4) is 11.5 Å². The van der Waals surface area contributed by atoms with Gasteiger partial charge >= 0.3 is 0 Å². The van der Waals surface area contributed by atoms with Crippen molar-refractivity contribution in [1.29, 1.82) is 0 Å². The molecule has 0 spiro atoms. The van der Waals surface area contributed by atoms with Crippen molar-refractivity contribution in [2.75, 3.05) is 13.6 Å². The molecule has 2 N–H and O–H groups in total. The Hall–Kier alpha value is -4.09.